The summed E-state index contributed by atoms with van der Waals surface area (Å²) in [6.07, 6.45) is 8.15. The lowest BCUT2D eigenvalue weighted by Crippen LogP contribution is -2.59. The van der Waals surface area contributed by atoms with Crippen LogP contribution in [0.25, 0.3) is 0 Å². The summed E-state index contributed by atoms with van der Waals surface area (Å²) in [5, 5.41) is 10.1. The third-order valence-corrected chi connectivity index (χ3v) is 8.87. The number of carbonyl (C=O) groups is 3. The standard InChI is InChI=1S/C29H46N2O6/c1-8-11-12-13-16-36-27(35)23-22-25(33)31(21(6)18-32)24(29(22)17-19(4)28(23,7)37-29)26(34)30(15-10-3)20(5)14-9-2/h8,10,19-24,32H,1,3,9,11-18H2,2,4-7H3/t19?,20?,21-,22+,23+,24?,28-,29?/m1/s1. The van der Waals surface area contributed by atoms with Crippen LogP contribution in [0.4, 0.5) is 0 Å². The Kier molecular flexibility index (Phi) is 9.27. The van der Waals surface area contributed by atoms with Crippen molar-refractivity contribution in [1.82, 2.24) is 9.80 Å². The average molecular weight is 519 g/mol. The summed E-state index contributed by atoms with van der Waals surface area (Å²) < 4.78 is 12.4. The molecule has 208 valence electrons. The molecule has 8 nitrogen and oxygen atoms in total. The van der Waals surface area contributed by atoms with E-state index in [9.17, 15) is 19.5 Å². The van der Waals surface area contributed by atoms with E-state index in [-0.39, 0.29) is 37.0 Å². The van der Waals surface area contributed by atoms with E-state index in [0.717, 1.165) is 25.7 Å². The average Bonchev–Trinajstić information content (AvgIpc) is 3.38. The Balaban J connectivity index is 2.02. The third-order valence-electron chi connectivity index (χ3n) is 8.87. The minimum atomic E-state index is -1.15. The molecule has 0 radical (unpaired) electrons. The molecule has 8 heteroatoms. The number of likely N-dealkylation sites (tertiary alicyclic amines) is 1. The molecule has 1 spiro atoms. The van der Waals surface area contributed by atoms with Gasteiger partial charge in [0.15, 0.2) is 0 Å². The van der Waals surface area contributed by atoms with Crippen LogP contribution in [0.5, 0.6) is 0 Å². The van der Waals surface area contributed by atoms with Crippen molar-refractivity contribution in [3.05, 3.63) is 25.3 Å². The molecule has 3 rings (SSSR count). The van der Waals surface area contributed by atoms with Crippen LogP contribution in [0.3, 0.4) is 0 Å². The fourth-order valence-electron chi connectivity index (χ4n) is 6.89. The number of fused-ring (bicyclic) bond motifs is 1. The number of aliphatic hydroxyl groups is 1. The van der Waals surface area contributed by atoms with Gasteiger partial charge in [-0.15, -0.1) is 13.2 Å². The molecule has 3 aliphatic rings. The molecule has 3 heterocycles. The number of aliphatic hydroxyl groups excluding tert-OH is 1. The number of unbranched alkanes of at least 4 members (excludes halogenated alkanes) is 2. The van der Waals surface area contributed by atoms with Crippen molar-refractivity contribution in [2.75, 3.05) is 19.8 Å². The molecular weight excluding hydrogens is 472 g/mol. The summed E-state index contributed by atoms with van der Waals surface area (Å²) in [5.41, 5.74) is -2.06. The van der Waals surface area contributed by atoms with E-state index in [4.69, 9.17) is 9.47 Å². The third kappa shape index (κ3) is 4.87. The van der Waals surface area contributed by atoms with Gasteiger partial charge < -0.3 is 24.4 Å². The van der Waals surface area contributed by atoms with Gasteiger partial charge in [-0.3, -0.25) is 14.4 Å². The van der Waals surface area contributed by atoms with Gasteiger partial charge in [-0.1, -0.05) is 32.4 Å². The molecule has 3 aliphatic heterocycles. The maximum absolute atomic E-state index is 14.3. The van der Waals surface area contributed by atoms with Crippen LogP contribution in [0.1, 0.15) is 73.1 Å². The van der Waals surface area contributed by atoms with E-state index < -0.39 is 41.1 Å². The predicted molar refractivity (Wildman–Crippen MR) is 141 cm³/mol. The van der Waals surface area contributed by atoms with E-state index in [1.807, 2.05) is 26.8 Å². The quantitative estimate of drug-likeness (QED) is 0.215. The highest BCUT2D eigenvalue weighted by Gasteiger charge is 2.80. The van der Waals surface area contributed by atoms with Gasteiger partial charge >= 0.3 is 5.97 Å². The largest absolute Gasteiger partial charge is 0.465 e. The Morgan fingerprint density at radius 1 is 1.30 bits per heavy atom. The molecule has 37 heavy (non-hydrogen) atoms. The van der Waals surface area contributed by atoms with Crippen LogP contribution in [0.15, 0.2) is 25.3 Å². The van der Waals surface area contributed by atoms with Crippen molar-refractivity contribution in [1.29, 1.82) is 0 Å². The van der Waals surface area contributed by atoms with Crippen molar-refractivity contribution in [2.24, 2.45) is 17.8 Å². The molecule has 1 N–H and O–H groups in total. The SMILES string of the molecule is C=CCCCCOC(=O)[C@@H]1[C@H]2C(=O)N([C@H](C)CO)C(C(=O)N(CC=C)C(C)CCC)C23CC(C)[C@@]1(C)O3. The van der Waals surface area contributed by atoms with E-state index in [0.29, 0.717) is 19.4 Å². The first-order valence-electron chi connectivity index (χ1n) is 13.9. The Morgan fingerprint density at radius 3 is 2.59 bits per heavy atom. The molecule has 3 saturated heterocycles. The van der Waals surface area contributed by atoms with E-state index in [2.05, 4.69) is 20.1 Å². The van der Waals surface area contributed by atoms with Crippen LogP contribution < -0.4 is 0 Å². The molecule has 4 unspecified atom stereocenters. The fourth-order valence-corrected chi connectivity index (χ4v) is 6.89. The molecule has 0 aromatic heterocycles. The molecule has 0 saturated carbocycles. The number of hydrogen-bond donors (Lipinski definition) is 1. The monoisotopic (exact) mass is 518 g/mol. The number of nitrogens with zero attached hydrogens (tertiary/aromatic N) is 2. The van der Waals surface area contributed by atoms with Gasteiger partial charge in [0.2, 0.25) is 11.8 Å². The minimum absolute atomic E-state index is 0.0598. The molecule has 2 amide bonds. The van der Waals surface area contributed by atoms with Gasteiger partial charge in [-0.05, 0) is 58.8 Å². The summed E-state index contributed by atoms with van der Waals surface area (Å²) in [5.74, 6) is -2.67. The molecule has 0 aromatic rings. The predicted octanol–water partition coefficient (Wildman–Crippen LogP) is 3.48. The molecule has 0 aromatic carbocycles. The molecular formula is C29H46N2O6. The van der Waals surface area contributed by atoms with Gasteiger partial charge in [0.1, 0.15) is 17.6 Å². The van der Waals surface area contributed by atoms with Crippen LogP contribution in [-0.2, 0) is 23.9 Å². The number of rotatable bonds is 14. The lowest BCUT2D eigenvalue weighted by molar-refractivity contribution is -0.164. The summed E-state index contributed by atoms with van der Waals surface area (Å²) in [6, 6.07) is -1.59. The summed E-state index contributed by atoms with van der Waals surface area (Å²) in [7, 11) is 0. The van der Waals surface area contributed by atoms with Crippen LogP contribution in [0.2, 0.25) is 0 Å². The molecule has 3 fully saturated rings. The van der Waals surface area contributed by atoms with Crippen LogP contribution in [0, 0.1) is 17.8 Å². The zero-order valence-corrected chi connectivity index (χ0v) is 23.3. The Labute approximate surface area is 222 Å². The summed E-state index contributed by atoms with van der Waals surface area (Å²) in [6.45, 7) is 17.6. The number of ether oxygens (including phenoxy) is 2. The fraction of sp³-hybridized carbons (Fsp3) is 0.759. The second-order valence-electron chi connectivity index (χ2n) is 11.3. The van der Waals surface area contributed by atoms with Crippen molar-refractivity contribution in [2.45, 2.75) is 102 Å². The van der Waals surface area contributed by atoms with Gasteiger partial charge in [-0.25, -0.2) is 0 Å². The number of hydrogen-bond acceptors (Lipinski definition) is 6. The lowest BCUT2D eigenvalue weighted by atomic mass is 9.62. The van der Waals surface area contributed by atoms with Crippen molar-refractivity contribution >= 4 is 17.8 Å². The molecule has 8 atom stereocenters. The maximum Gasteiger partial charge on any atom is 0.312 e. The van der Waals surface area contributed by atoms with Crippen LogP contribution >= 0.6 is 0 Å². The highest BCUT2D eigenvalue weighted by Crippen LogP contribution is 2.65. The van der Waals surface area contributed by atoms with Gasteiger partial charge in [0.05, 0.1) is 30.8 Å². The van der Waals surface area contributed by atoms with E-state index >= 15 is 0 Å². The first-order chi connectivity index (χ1) is 17.5. The van der Waals surface area contributed by atoms with Gasteiger partial charge in [-0.2, -0.15) is 0 Å². The normalized spacial score (nSPS) is 33.7. The number of esters is 1. The lowest BCUT2D eigenvalue weighted by Gasteiger charge is -2.40. The van der Waals surface area contributed by atoms with Gasteiger partial charge in [0.25, 0.3) is 0 Å². The molecule has 0 aliphatic carbocycles. The number of amides is 2. The number of carbonyl (C=O) groups excluding carboxylic acids is 3. The van der Waals surface area contributed by atoms with Crippen LogP contribution in [-0.4, -0.2) is 81.8 Å². The smallest absolute Gasteiger partial charge is 0.312 e. The Morgan fingerprint density at radius 2 is 2.00 bits per heavy atom. The number of allylic oxidation sites excluding steroid dienone is 1. The van der Waals surface area contributed by atoms with E-state index in [1.165, 1.54) is 4.90 Å². The Hall–Kier alpha value is -2.19. The first kappa shape index (κ1) is 29.4. The zero-order valence-electron chi connectivity index (χ0n) is 23.3. The second kappa shape index (κ2) is 11.7. The van der Waals surface area contributed by atoms with E-state index in [1.54, 1.807) is 17.9 Å². The first-order valence-corrected chi connectivity index (χ1v) is 13.9. The maximum atomic E-state index is 14.3. The minimum Gasteiger partial charge on any atom is -0.465 e. The summed E-state index contributed by atoms with van der Waals surface area (Å²) >= 11 is 0. The highest BCUT2D eigenvalue weighted by atomic mass is 16.6. The summed E-state index contributed by atoms with van der Waals surface area (Å²) in [4.78, 5) is 45.1. The topological polar surface area (TPSA) is 96.4 Å². The van der Waals surface area contributed by atoms with Crippen molar-refractivity contribution in [3.63, 3.8) is 0 Å². The Bertz CT molecular complexity index is 892. The van der Waals surface area contributed by atoms with Crippen molar-refractivity contribution < 1.29 is 29.0 Å². The molecule has 2 bridgehead atoms. The highest BCUT2D eigenvalue weighted by molar-refractivity contribution is 5.99. The van der Waals surface area contributed by atoms with Crippen molar-refractivity contribution in [3.8, 4) is 0 Å². The zero-order chi connectivity index (χ0) is 27.5. The second-order valence-corrected chi connectivity index (χ2v) is 11.3. The van der Waals surface area contributed by atoms with Gasteiger partial charge in [0, 0.05) is 12.6 Å².